The van der Waals surface area contributed by atoms with E-state index in [9.17, 15) is 17.6 Å². The van der Waals surface area contributed by atoms with Crippen molar-refractivity contribution in [2.24, 2.45) is 0 Å². The molecule has 0 bridgehead atoms. The van der Waals surface area contributed by atoms with Gasteiger partial charge in [0.25, 0.3) is 0 Å². The first kappa shape index (κ1) is 22.4. The lowest BCUT2D eigenvalue weighted by molar-refractivity contribution is -0.139. The van der Waals surface area contributed by atoms with Crippen LogP contribution < -0.4 is 4.74 Å². The maximum atomic E-state index is 13.1. The van der Waals surface area contributed by atoms with E-state index in [4.69, 9.17) is 15.1 Å². The number of nitriles is 1. The molecule has 0 amide bonds. The highest BCUT2D eigenvalue weighted by Crippen LogP contribution is 2.36. The fourth-order valence-corrected chi connectivity index (χ4v) is 4.79. The number of nitrogens with zero attached hydrogens (tertiary/aromatic N) is 2. The molecule has 1 N–H and O–H groups in total. The lowest BCUT2D eigenvalue weighted by atomic mass is 10.1. The van der Waals surface area contributed by atoms with Gasteiger partial charge in [-0.3, -0.25) is 0 Å². The molecule has 160 valence electrons. The second-order valence-electron chi connectivity index (χ2n) is 6.50. The zero-order chi connectivity index (χ0) is 22.6. The van der Waals surface area contributed by atoms with Crippen LogP contribution in [-0.4, -0.2) is 37.5 Å². The normalized spacial score (nSPS) is 11.3. The Balaban J connectivity index is 1.92. The van der Waals surface area contributed by atoms with Crippen LogP contribution in [0.2, 0.25) is 0 Å². The van der Waals surface area contributed by atoms with Crippen molar-refractivity contribution in [3.63, 3.8) is 0 Å². The summed E-state index contributed by atoms with van der Waals surface area (Å²) in [6.07, 6.45) is 0. The van der Waals surface area contributed by atoms with Gasteiger partial charge in [-0.1, -0.05) is 6.07 Å². The van der Waals surface area contributed by atoms with Crippen LogP contribution in [0.1, 0.15) is 10.4 Å². The zero-order valence-corrected chi connectivity index (χ0v) is 17.9. The van der Waals surface area contributed by atoms with Crippen LogP contribution in [-0.2, 0) is 21.4 Å². The number of rotatable bonds is 8. The molecular formula is C21H17FN2O5S2. The lowest BCUT2D eigenvalue weighted by Crippen LogP contribution is -2.26. The number of halogens is 1. The molecule has 7 nitrogen and oxygen atoms in total. The molecule has 0 unspecified atom stereocenters. The van der Waals surface area contributed by atoms with Gasteiger partial charge < -0.3 is 9.84 Å². The SMILES string of the molecule is CN(Cc1ccc(OCC(=O)O)c(-c2ccc(C#N)s2)c1)S(=O)(=O)c1ccc(F)cc1. The van der Waals surface area contributed by atoms with Gasteiger partial charge in [0.2, 0.25) is 10.0 Å². The number of sulfonamides is 1. The number of benzene rings is 2. The molecule has 3 aromatic rings. The Morgan fingerprint density at radius 1 is 1.19 bits per heavy atom. The van der Waals surface area contributed by atoms with Crippen molar-refractivity contribution in [1.82, 2.24) is 4.31 Å². The van der Waals surface area contributed by atoms with Crippen LogP contribution in [0.4, 0.5) is 4.39 Å². The molecule has 0 aliphatic carbocycles. The van der Waals surface area contributed by atoms with E-state index in [2.05, 4.69) is 0 Å². The number of carboxylic acid groups (broad SMARTS) is 1. The van der Waals surface area contributed by atoms with E-state index in [0.717, 1.165) is 16.4 Å². The van der Waals surface area contributed by atoms with Crippen molar-refractivity contribution in [2.75, 3.05) is 13.7 Å². The van der Waals surface area contributed by atoms with Gasteiger partial charge in [0, 0.05) is 24.0 Å². The molecule has 10 heteroatoms. The highest BCUT2D eigenvalue weighted by Gasteiger charge is 2.22. The smallest absolute Gasteiger partial charge is 0.341 e. The molecular weight excluding hydrogens is 443 g/mol. The van der Waals surface area contributed by atoms with Gasteiger partial charge in [0.05, 0.1) is 4.90 Å². The van der Waals surface area contributed by atoms with E-state index in [1.165, 1.54) is 30.5 Å². The van der Waals surface area contributed by atoms with E-state index in [1.54, 1.807) is 30.3 Å². The van der Waals surface area contributed by atoms with Gasteiger partial charge >= 0.3 is 5.97 Å². The highest BCUT2D eigenvalue weighted by molar-refractivity contribution is 7.89. The van der Waals surface area contributed by atoms with Crippen molar-refractivity contribution in [2.45, 2.75) is 11.4 Å². The Labute approximate surface area is 182 Å². The first-order valence-corrected chi connectivity index (χ1v) is 11.2. The Hall–Kier alpha value is -3.26. The maximum Gasteiger partial charge on any atom is 0.341 e. The minimum atomic E-state index is -3.85. The van der Waals surface area contributed by atoms with Crippen molar-refractivity contribution >= 4 is 27.3 Å². The summed E-state index contributed by atoms with van der Waals surface area (Å²) < 4.78 is 45.2. The van der Waals surface area contributed by atoms with Gasteiger partial charge in [-0.2, -0.15) is 9.57 Å². The Morgan fingerprint density at radius 3 is 2.52 bits per heavy atom. The fourth-order valence-electron chi connectivity index (χ4n) is 2.80. The van der Waals surface area contributed by atoms with E-state index < -0.39 is 28.4 Å². The average Bonchev–Trinajstić information content (AvgIpc) is 3.22. The molecule has 0 saturated carbocycles. The molecule has 1 heterocycles. The molecule has 0 atom stereocenters. The molecule has 3 rings (SSSR count). The van der Waals surface area contributed by atoms with Crippen LogP contribution in [0.25, 0.3) is 10.4 Å². The Morgan fingerprint density at radius 2 is 1.90 bits per heavy atom. The van der Waals surface area contributed by atoms with E-state index in [0.29, 0.717) is 26.6 Å². The summed E-state index contributed by atoms with van der Waals surface area (Å²) in [4.78, 5) is 12.0. The Kier molecular flexibility index (Phi) is 6.70. The topological polar surface area (TPSA) is 108 Å². The fraction of sp³-hybridized carbons (Fsp3) is 0.143. The Bertz CT molecular complexity index is 1250. The van der Waals surface area contributed by atoms with Gasteiger partial charge in [-0.25, -0.2) is 17.6 Å². The minimum Gasteiger partial charge on any atom is -0.481 e. The number of hydrogen-bond donors (Lipinski definition) is 1. The number of ether oxygens (including phenoxy) is 1. The lowest BCUT2D eigenvalue weighted by Gasteiger charge is -2.18. The summed E-state index contributed by atoms with van der Waals surface area (Å²) in [6, 6.07) is 14.9. The molecule has 0 fully saturated rings. The monoisotopic (exact) mass is 460 g/mol. The van der Waals surface area contributed by atoms with Crippen molar-refractivity contribution in [3.8, 4) is 22.3 Å². The van der Waals surface area contributed by atoms with Crippen molar-refractivity contribution in [1.29, 1.82) is 5.26 Å². The molecule has 2 aromatic carbocycles. The molecule has 0 aliphatic heterocycles. The van der Waals surface area contributed by atoms with Crippen molar-refractivity contribution < 1.29 is 27.4 Å². The third-order valence-corrected chi connectivity index (χ3v) is 7.14. The van der Waals surface area contributed by atoms with E-state index in [1.807, 2.05) is 6.07 Å². The number of aliphatic carboxylic acids is 1. The van der Waals surface area contributed by atoms with Gasteiger partial charge in [-0.15, -0.1) is 11.3 Å². The summed E-state index contributed by atoms with van der Waals surface area (Å²) in [6.45, 7) is -0.524. The molecule has 0 spiro atoms. The highest BCUT2D eigenvalue weighted by atomic mass is 32.2. The van der Waals surface area contributed by atoms with Crippen molar-refractivity contribution in [3.05, 3.63) is 70.9 Å². The number of carboxylic acids is 1. The quantitative estimate of drug-likeness (QED) is 0.549. The number of thiophene rings is 1. The van der Waals surface area contributed by atoms with Gasteiger partial charge in [-0.05, 0) is 54.1 Å². The first-order chi connectivity index (χ1) is 14.7. The number of hydrogen-bond acceptors (Lipinski definition) is 6. The summed E-state index contributed by atoms with van der Waals surface area (Å²) >= 11 is 1.21. The van der Waals surface area contributed by atoms with E-state index >= 15 is 0 Å². The minimum absolute atomic E-state index is 0.0163. The molecule has 0 saturated heterocycles. The third-order valence-electron chi connectivity index (χ3n) is 4.30. The zero-order valence-electron chi connectivity index (χ0n) is 16.3. The summed E-state index contributed by atoms with van der Waals surface area (Å²) in [7, 11) is -2.44. The predicted molar refractivity (Wildman–Crippen MR) is 113 cm³/mol. The van der Waals surface area contributed by atoms with Crippen LogP contribution >= 0.6 is 11.3 Å². The number of carbonyl (C=O) groups is 1. The standard InChI is InChI=1S/C21H17FN2O5S2/c1-24(31(27,28)17-6-3-15(22)4-7-17)12-14-2-8-19(29-13-21(25)26)18(10-14)20-9-5-16(11-23)30-20/h2-10H,12-13H2,1H3,(H,25,26). The third kappa shape index (κ3) is 5.27. The average molecular weight is 461 g/mol. The van der Waals surface area contributed by atoms with Crippen LogP contribution in [0.3, 0.4) is 0 Å². The maximum absolute atomic E-state index is 13.1. The summed E-state index contributed by atoms with van der Waals surface area (Å²) in [5, 5.41) is 18.0. The summed E-state index contributed by atoms with van der Waals surface area (Å²) in [5.41, 5.74) is 1.18. The largest absolute Gasteiger partial charge is 0.481 e. The van der Waals surface area contributed by atoms with Crippen LogP contribution in [0.15, 0.2) is 59.5 Å². The summed E-state index contributed by atoms with van der Waals surface area (Å²) in [5.74, 6) is -1.36. The second-order valence-corrected chi connectivity index (χ2v) is 9.63. The van der Waals surface area contributed by atoms with E-state index in [-0.39, 0.29) is 11.4 Å². The van der Waals surface area contributed by atoms with Gasteiger partial charge in [0.15, 0.2) is 6.61 Å². The second kappa shape index (κ2) is 9.26. The predicted octanol–water partition coefficient (Wildman–Crippen LogP) is 3.71. The first-order valence-electron chi connectivity index (χ1n) is 8.90. The molecule has 0 aliphatic rings. The molecule has 1 aromatic heterocycles. The van der Waals surface area contributed by atoms with Crippen LogP contribution in [0.5, 0.6) is 5.75 Å². The van der Waals surface area contributed by atoms with Crippen LogP contribution in [0, 0.1) is 17.1 Å². The van der Waals surface area contributed by atoms with Gasteiger partial charge in [0.1, 0.15) is 22.5 Å². The molecule has 0 radical (unpaired) electrons. The molecule has 31 heavy (non-hydrogen) atoms.